The van der Waals surface area contributed by atoms with Crippen molar-refractivity contribution in [2.75, 3.05) is 26.4 Å². The highest BCUT2D eigenvalue weighted by Crippen LogP contribution is 2.00. The topological polar surface area (TPSA) is 22.8 Å². The van der Waals surface area contributed by atoms with Crippen LogP contribution in [0.1, 0.15) is 12.0 Å². The Morgan fingerprint density at radius 1 is 1.00 bits per heavy atom. The highest BCUT2D eigenvalue weighted by atomic mass is 16.5. The van der Waals surface area contributed by atoms with Crippen molar-refractivity contribution < 1.29 is 9.47 Å². The molecule has 0 spiro atoms. The van der Waals surface area contributed by atoms with E-state index in [-0.39, 0.29) is 0 Å². The average Bonchev–Trinajstić information content (AvgIpc) is 2.34. The van der Waals surface area contributed by atoms with Crippen LogP contribution in [0.3, 0.4) is 0 Å². The summed E-state index contributed by atoms with van der Waals surface area (Å²) >= 11 is 0. The number of nitrogens with zero attached hydrogens (tertiary/aromatic N) is 1. The minimum atomic E-state index is 0.449. The van der Waals surface area contributed by atoms with Gasteiger partial charge in [-0.1, -0.05) is 30.3 Å². The van der Waals surface area contributed by atoms with E-state index in [4.69, 9.17) is 16.0 Å². The highest BCUT2D eigenvalue weighted by Gasteiger charge is 1.93. The van der Waals surface area contributed by atoms with Gasteiger partial charge in [0.05, 0.1) is 6.61 Å². The molecular formula is C13H17NO2. The van der Waals surface area contributed by atoms with Crippen LogP contribution in [0, 0.1) is 6.57 Å². The van der Waals surface area contributed by atoms with Crippen LogP contribution in [0.4, 0.5) is 0 Å². The average molecular weight is 219 g/mol. The van der Waals surface area contributed by atoms with Gasteiger partial charge in [0, 0.05) is 13.2 Å². The molecule has 0 unspecified atom stereocenters. The number of hydrogen-bond donors (Lipinski definition) is 0. The first-order valence-corrected chi connectivity index (χ1v) is 5.46. The third-order valence-electron chi connectivity index (χ3n) is 2.04. The van der Waals surface area contributed by atoms with Gasteiger partial charge in [0.15, 0.2) is 0 Å². The van der Waals surface area contributed by atoms with Crippen molar-refractivity contribution in [3.63, 3.8) is 0 Å². The van der Waals surface area contributed by atoms with Crippen LogP contribution >= 0.6 is 0 Å². The second-order valence-electron chi connectivity index (χ2n) is 3.39. The summed E-state index contributed by atoms with van der Waals surface area (Å²) < 4.78 is 10.7. The zero-order chi connectivity index (χ0) is 11.5. The van der Waals surface area contributed by atoms with Crippen LogP contribution in [0.25, 0.3) is 4.85 Å². The maximum absolute atomic E-state index is 6.56. The van der Waals surface area contributed by atoms with Gasteiger partial charge in [0.1, 0.15) is 6.61 Å². The number of ether oxygens (including phenoxy) is 2. The zero-order valence-corrected chi connectivity index (χ0v) is 9.39. The quantitative estimate of drug-likeness (QED) is 0.495. The Labute approximate surface area is 96.8 Å². The van der Waals surface area contributed by atoms with Gasteiger partial charge in [-0.25, -0.2) is 6.57 Å². The van der Waals surface area contributed by atoms with E-state index in [2.05, 4.69) is 4.85 Å². The summed E-state index contributed by atoms with van der Waals surface area (Å²) in [4.78, 5) is 3.20. The molecule has 0 atom stereocenters. The lowest BCUT2D eigenvalue weighted by Gasteiger charge is -2.04. The van der Waals surface area contributed by atoms with Crippen LogP contribution in [0.5, 0.6) is 0 Å². The van der Waals surface area contributed by atoms with Gasteiger partial charge in [-0.3, -0.25) is 0 Å². The molecule has 0 saturated heterocycles. The first-order valence-electron chi connectivity index (χ1n) is 5.46. The minimum Gasteiger partial charge on any atom is -0.377 e. The molecule has 16 heavy (non-hydrogen) atoms. The van der Waals surface area contributed by atoms with Crippen molar-refractivity contribution in [2.45, 2.75) is 13.0 Å². The van der Waals surface area contributed by atoms with E-state index in [1.165, 1.54) is 5.56 Å². The van der Waals surface area contributed by atoms with Gasteiger partial charge in [0.25, 0.3) is 0 Å². The molecule has 1 rings (SSSR count). The number of rotatable bonds is 8. The predicted octanol–water partition coefficient (Wildman–Crippen LogP) is 2.53. The molecule has 0 fully saturated rings. The van der Waals surface area contributed by atoms with Crippen molar-refractivity contribution in [3.05, 3.63) is 47.3 Å². The molecule has 1 aromatic carbocycles. The molecule has 3 nitrogen and oxygen atoms in total. The molecule has 0 N–H and O–H groups in total. The van der Waals surface area contributed by atoms with Crippen molar-refractivity contribution in [1.82, 2.24) is 0 Å². The van der Waals surface area contributed by atoms with Gasteiger partial charge in [-0.2, -0.15) is 0 Å². The summed E-state index contributed by atoms with van der Waals surface area (Å²) in [5.74, 6) is 0. The fourth-order valence-corrected chi connectivity index (χ4v) is 1.24. The van der Waals surface area contributed by atoms with E-state index in [1.54, 1.807) is 0 Å². The second-order valence-corrected chi connectivity index (χ2v) is 3.39. The SMILES string of the molecule is [C-]#[N+]CCOCCCOCc1ccccc1. The summed E-state index contributed by atoms with van der Waals surface area (Å²) in [5.41, 5.74) is 1.19. The molecular weight excluding hydrogens is 202 g/mol. The Hall–Kier alpha value is -1.37. The number of benzene rings is 1. The predicted molar refractivity (Wildman–Crippen MR) is 63.0 cm³/mol. The summed E-state index contributed by atoms with van der Waals surface area (Å²) in [6.07, 6.45) is 0.880. The molecule has 0 radical (unpaired) electrons. The van der Waals surface area contributed by atoms with Gasteiger partial charge >= 0.3 is 0 Å². The molecule has 0 aliphatic heterocycles. The number of hydrogen-bond acceptors (Lipinski definition) is 2. The maximum Gasteiger partial charge on any atom is 0.237 e. The Bertz CT molecular complexity index is 305. The lowest BCUT2D eigenvalue weighted by Crippen LogP contribution is -2.03. The first-order chi connectivity index (χ1) is 7.93. The minimum absolute atomic E-state index is 0.449. The summed E-state index contributed by atoms with van der Waals surface area (Å²) in [7, 11) is 0. The third-order valence-corrected chi connectivity index (χ3v) is 2.04. The summed E-state index contributed by atoms with van der Waals surface area (Å²) in [6, 6.07) is 10.1. The molecule has 3 heteroatoms. The van der Waals surface area contributed by atoms with Gasteiger partial charge in [-0.15, -0.1) is 0 Å². The molecule has 0 aliphatic rings. The first kappa shape index (κ1) is 12.7. The molecule has 0 bridgehead atoms. The Balaban J connectivity index is 1.91. The lowest BCUT2D eigenvalue weighted by atomic mass is 10.2. The Morgan fingerprint density at radius 3 is 2.50 bits per heavy atom. The summed E-state index contributed by atoms with van der Waals surface area (Å²) in [6.45, 7) is 9.57. The Kier molecular flexibility index (Phi) is 7.06. The van der Waals surface area contributed by atoms with Crippen LogP contribution in [-0.4, -0.2) is 26.4 Å². The van der Waals surface area contributed by atoms with E-state index in [9.17, 15) is 0 Å². The molecule has 0 aliphatic carbocycles. The molecule has 0 heterocycles. The van der Waals surface area contributed by atoms with Crippen molar-refractivity contribution in [3.8, 4) is 0 Å². The summed E-state index contributed by atoms with van der Waals surface area (Å²) in [5, 5.41) is 0. The van der Waals surface area contributed by atoms with E-state index >= 15 is 0 Å². The normalized spacial score (nSPS) is 9.94. The molecule has 0 saturated carbocycles. The van der Waals surface area contributed by atoms with Gasteiger partial charge in [-0.05, 0) is 12.0 Å². The lowest BCUT2D eigenvalue weighted by molar-refractivity contribution is 0.0797. The second kappa shape index (κ2) is 8.90. The van der Waals surface area contributed by atoms with E-state index in [0.717, 1.165) is 6.42 Å². The largest absolute Gasteiger partial charge is 0.377 e. The zero-order valence-electron chi connectivity index (χ0n) is 9.39. The van der Waals surface area contributed by atoms with E-state index in [1.807, 2.05) is 30.3 Å². The highest BCUT2D eigenvalue weighted by molar-refractivity contribution is 5.13. The van der Waals surface area contributed by atoms with E-state index < -0.39 is 0 Å². The maximum atomic E-state index is 6.56. The third kappa shape index (κ3) is 6.18. The molecule has 1 aromatic rings. The molecule has 0 amide bonds. The van der Waals surface area contributed by atoms with Crippen LogP contribution in [-0.2, 0) is 16.1 Å². The molecule has 86 valence electrons. The molecule has 0 aromatic heterocycles. The standard InChI is InChI=1S/C13H17NO2/c1-14-8-11-15-9-5-10-16-12-13-6-3-2-4-7-13/h2-4,6-7H,5,8-12H2. The van der Waals surface area contributed by atoms with E-state index in [0.29, 0.717) is 33.0 Å². The fraction of sp³-hybridized carbons (Fsp3) is 0.462. The van der Waals surface area contributed by atoms with Gasteiger partial charge < -0.3 is 14.3 Å². The fourth-order valence-electron chi connectivity index (χ4n) is 1.24. The van der Waals surface area contributed by atoms with Crippen LogP contribution in [0.15, 0.2) is 30.3 Å². The Morgan fingerprint density at radius 2 is 1.75 bits per heavy atom. The van der Waals surface area contributed by atoms with Crippen molar-refractivity contribution in [1.29, 1.82) is 0 Å². The van der Waals surface area contributed by atoms with Crippen molar-refractivity contribution in [2.24, 2.45) is 0 Å². The van der Waals surface area contributed by atoms with Crippen LogP contribution < -0.4 is 0 Å². The van der Waals surface area contributed by atoms with Gasteiger partial charge in [0.2, 0.25) is 6.54 Å². The van der Waals surface area contributed by atoms with Crippen LogP contribution in [0.2, 0.25) is 0 Å². The smallest absolute Gasteiger partial charge is 0.237 e. The van der Waals surface area contributed by atoms with Crippen molar-refractivity contribution >= 4 is 0 Å². The monoisotopic (exact) mass is 219 g/mol.